The number of carbonyl (C=O) groups excluding carboxylic acids is 2. The Labute approximate surface area is 157 Å². The molecule has 0 saturated carbocycles. The number of fused-ring (bicyclic) bond motifs is 1. The zero-order valence-corrected chi connectivity index (χ0v) is 15.6. The molecule has 0 radical (unpaired) electrons. The number of anilines is 1. The van der Waals surface area contributed by atoms with Crippen LogP contribution in [0.2, 0.25) is 0 Å². The van der Waals surface area contributed by atoms with Crippen molar-refractivity contribution in [3.8, 4) is 0 Å². The van der Waals surface area contributed by atoms with Crippen molar-refractivity contribution in [1.29, 1.82) is 0 Å². The Kier molecular flexibility index (Phi) is 5.41. The van der Waals surface area contributed by atoms with E-state index in [1.807, 2.05) is 20.8 Å². The standard InChI is InChI=1S/C20H23FN4O2/c1-4-22-7-8-23-20(27)18-12(2)10-25(13(18)3)11-16-15-9-14(21)5-6-17(15)24-19(16)26/h5-6,9-11,22H,4,7-8H2,1-3H3,(H,23,27)(H,24,26)/b16-11-. The summed E-state index contributed by atoms with van der Waals surface area (Å²) in [6.45, 7) is 7.77. The van der Waals surface area contributed by atoms with Gasteiger partial charge < -0.3 is 20.5 Å². The quantitative estimate of drug-likeness (QED) is 0.540. The Morgan fingerprint density at radius 2 is 2.07 bits per heavy atom. The predicted octanol–water partition coefficient (Wildman–Crippen LogP) is 2.53. The molecule has 0 spiro atoms. The highest BCUT2D eigenvalue weighted by molar-refractivity contribution is 6.34. The number of nitrogens with one attached hydrogen (secondary N) is 3. The molecule has 0 saturated heterocycles. The van der Waals surface area contributed by atoms with Gasteiger partial charge in [0, 0.05) is 42.4 Å². The van der Waals surface area contributed by atoms with Gasteiger partial charge in [-0.2, -0.15) is 0 Å². The van der Waals surface area contributed by atoms with Gasteiger partial charge in [0.15, 0.2) is 0 Å². The lowest BCUT2D eigenvalue weighted by Gasteiger charge is -2.07. The number of hydrogen-bond donors (Lipinski definition) is 3. The molecule has 1 aliphatic rings. The van der Waals surface area contributed by atoms with Crippen molar-refractivity contribution < 1.29 is 14.0 Å². The van der Waals surface area contributed by atoms with Gasteiger partial charge in [0.05, 0.1) is 11.1 Å². The van der Waals surface area contributed by atoms with Crippen LogP contribution in [0.4, 0.5) is 10.1 Å². The third-order valence-electron chi connectivity index (χ3n) is 4.57. The summed E-state index contributed by atoms with van der Waals surface area (Å²) >= 11 is 0. The first-order valence-corrected chi connectivity index (χ1v) is 8.92. The number of aryl methyl sites for hydroxylation is 1. The second-order valence-electron chi connectivity index (χ2n) is 6.48. The number of halogens is 1. The first-order chi connectivity index (χ1) is 12.9. The minimum atomic E-state index is -0.405. The summed E-state index contributed by atoms with van der Waals surface area (Å²) in [5.41, 5.74) is 3.57. The zero-order chi connectivity index (χ0) is 19.6. The normalized spacial score (nSPS) is 14.4. The van der Waals surface area contributed by atoms with Crippen LogP contribution in [0.25, 0.3) is 11.8 Å². The van der Waals surface area contributed by atoms with Crippen molar-refractivity contribution in [2.24, 2.45) is 0 Å². The number of likely N-dealkylation sites (N-methyl/N-ethyl adjacent to an activating group) is 1. The van der Waals surface area contributed by atoms with E-state index in [0.717, 1.165) is 17.8 Å². The highest BCUT2D eigenvalue weighted by atomic mass is 19.1. The van der Waals surface area contributed by atoms with E-state index in [9.17, 15) is 14.0 Å². The Balaban J connectivity index is 1.89. The van der Waals surface area contributed by atoms with Gasteiger partial charge in [-0.15, -0.1) is 0 Å². The molecule has 3 N–H and O–H groups in total. The number of hydrogen-bond acceptors (Lipinski definition) is 3. The predicted molar refractivity (Wildman–Crippen MR) is 104 cm³/mol. The molecule has 1 aromatic carbocycles. The SMILES string of the molecule is CCNCCNC(=O)c1c(C)cn(/C=C2\C(=O)Nc3ccc(F)cc32)c1C. The lowest BCUT2D eigenvalue weighted by Crippen LogP contribution is -2.32. The van der Waals surface area contributed by atoms with Gasteiger partial charge in [-0.25, -0.2) is 4.39 Å². The molecule has 0 atom stereocenters. The average Bonchev–Trinajstić information content (AvgIpc) is 3.08. The van der Waals surface area contributed by atoms with Crippen molar-refractivity contribution in [3.05, 3.63) is 52.6 Å². The molecule has 142 valence electrons. The van der Waals surface area contributed by atoms with Crippen LogP contribution in [-0.2, 0) is 4.79 Å². The van der Waals surface area contributed by atoms with Crippen molar-refractivity contribution >= 4 is 29.3 Å². The van der Waals surface area contributed by atoms with Gasteiger partial charge in [-0.1, -0.05) is 6.92 Å². The lowest BCUT2D eigenvalue weighted by molar-refractivity contribution is -0.110. The summed E-state index contributed by atoms with van der Waals surface area (Å²) in [7, 11) is 0. The highest BCUT2D eigenvalue weighted by Crippen LogP contribution is 2.33. The summed E-state index contributed by atoms with van der Waals surface area (Å²) < 4.78 is 15.3. The zero-order valence-electron chi connectivity index (χ0n) is 15.6. The molecule has 27 heavy (non-hydrogen) atoms. The number of rotatable bonds is 6. The maximum Gasteiger partial charge on any atom is 0.257 e. The molecule has 2 heterocycles. The van der Waals surface area contributed by atoms with Crippen LogP contribution in [-0.4, -0.2) is 36.0 Å². The van der Waals surface area contributed by atoms with Crippen LogP contribution in [0, 0.1) is 19.7 Å². The topological polar surface area (TPSA) is 75.2 Å². The van der Waals surface area contributed by atoms with Crippen LogP contribution in [0.5, 0.6) is 0 Å². The van der Waals surface area contributed by atoms with E-state index in [1.54, 1.807) is 23.0 Å². The van der Waals surface area contributed by atoms with Gasteiger partial charge in [-0.05, 0) is 44.2 Å². The largest absolute Gasteiger partial charge is 0.351 e. The second-order valence-corrected chi connectivity index (χ2v) is 6.48. The highest BCUT2D eigenvalue weighted by Gasteiger charge is 2.25. The van der Waals surface area contributed by atoms with Crippen molar-refractivity contribution in [1.82, 2.24) is 15.2 Å². The molecular formula is C20H23FN4O2. The van der Waals surface area contributed by atoms with Crippen LogP contribution < -0.4 is 16.0 Å². The van der Waals surface area contributed by atoms with Gasteiger partial charge in [0.25, 0.3) is 11.8 Å². The van der Waals surface area contributed by atoms with Crippen molar-refractivity contribution in [3.63, 3.8) is 0 Å². The van der Waals surface area contributed by atoms with Crippen LogP contribution in [0.3, 0.4) is 0 Å². The molecule has 7 heteroatoms. The van der Waals surface area contributed by atoms with Crippen LogP contribution in [0.1, 0.15) is 34.1 Å². The summed E-state index contributed by atoms with van der Waals surface area (Å²) in [6, 6.07) is 4.18. The van der Waals surface area contributed by atoms with Crippen molar-refractivity contribution in [2.75, 3.05) is 25.0 Å². The maximum atomic E-state index is 13.6. The number of benzene rings is 1. The smallest absolute Gasteiger partial charge is 0.257 e. The Hall–Kier alpha value is -2.93. The number of amides is 2. The molecule has 2 aromatic rings. The van der Waals surface area contributed by atoms with Gasteiger partial charge in [0.2, 0.25) is 0 Å². The number of carbonyl (C=O) groups is 2. The molecule has 0 bridgehead atoms. The van der Waals surface area contributed by atoms with Gasteiger partial charge in [-0.3, -0.25) is 9.59 Å². The summed E-state index contributed by atoms with van der Waals surface area (Å²) in [5, 5.41) is 8.77. The first-order valence-electron chi connectivity index (χ1n) is 8.92. The maximum absolute atomic E-state index is 13.6. The van der Waals surface area contributed by atoms with Crippen molar-refractivity contribution in [2.45, 2.75) is 20.8 Å². The summed E-state index contributed by atoms with van der Waals surface area (Å²) in [5.74, 6) is -0.849. The number of nitrogens with zero attached hydrogens (tertiary/aromatic N) is 1. The minimum Gasteiger partial charge on any atom is -0.351 e. The van der Waals surface area contributed by atoms with Crippen LogP contribution >= 0.6 is 0 Å². The molecule has 3 rings (SSSR count). The second kappa shape index (κ2) is 7.75. The summed E-state index contributed by atoms with van der Waals surface area (Å²) in [6.07, 6.45) is 3.43. The fourth-order valence-corrected chi connectivity index (χ4v) is 3.22. The van der Waals surface area contributed by atoms with E-state index >= 15 is 0 Å². The van der Waals surface area contributed by atoms with E-state index in [0.29, 0.717) is 35.5 Å². The molecule has 2 amide bonds. The molecular weight excluding hydrogens is 347 g/mol. The third-order valence-corrected chi connectivity index (χ3v) is 4.57. The van der Waals surface area contributed by atoms with E-state index in [2.05, 4.69) is 16.0 Å². The van der Waals surface area contributed by atoms with E-state index < -0.39 is 5.82 Å². The molecule has 0 fully saturated rings. The summed E-state index contributed by atoms with van der Waals surface area (Å²) in [4.78, 5) is 24.8. The Morgan fingerprint density at radius 3 is 2.81 bits per heavy atom. The lowest BCUT2D eigenvalue weighted by atomic mass is 10.1. The molecule has 0 aliphatic carbocycles. The first kappa shape index (κ1) is 18.8. The van der Waals surface area contributed by atoms with E-state index in [-0.39, 0.29) is 11.8 Å². The monoisotopic (exact) mass is 370 g/mol. The molecule has 1 aliphatic heterocycles. The minimum absolute atomic E-state index is 0.151. The Morgan fingerprint density at radius 1 is 1.30 bits per heavy atom. The van der Waals surface area contributed by atoms with Gasteiger partial charge >= 0.3 is 0 Å². The fourth-order valence-electron chi connectivity index (χ4n) is 3.22. The molecule has 0 unspecified atom stereocenters. The molecule has 6 nitrogen and oxygen atoms in total. The fraction of sp³-hybridized carbons (Fsp3) is 0.300. The third kappa shape index (κ3) is 3.78. The van der Waals surface area contributed by atoms with Crippen LogP contribution in [0.15, 0.2) is 24.4 Å². The Bertz CT molecular complexity index is 930. The van der Waals surface area contributed by atoms with E-state index in [4.69, 9.17) is 0 Å². The number of aromatic nitrogens is 1. The molecule has 1 aromatic heterocycles. The average molecular weight is 370 g/mol. The van der Waals surface area contributed by atoms with E-state index in [1.165, 1.54) is 12.1 Å². The van der Waals surface area contributed by atoms with Gasteiger partial charge in [0.1, 0.15) is 5.82 Å².